The van der Waals surface area contributed by atoms with E-state index in [4.69, 9.17) is 18.9 Å². The van der Waals surface area contributed by atoms with Crippen LogP contribution in [-0.2, 0) is 38.1 Å². The molecule has 0 radical (unpaired) electrons. The van der Waals surface area contributed by atoms with Crippen molar-refractivity contribution in [3.8, 4) is 0 Å². The van der Waals surface area contributed by atoms with Crippen LogP contribution in [0.25, 0.3) is 0 Å². The Bertz CT molecular complexity index is 513. The molecule has 0 rings (SSSR count). The van der Waals surface area contributed by atoms with Crippen molar-refractivity contribution in [3.05, 3.63) is 0 Å². The molecule has 0 fully saturated rings. The van der Waals surface area contributed by atoms with Crippen LogP contribution in [0.4, 0.5) is 0 Å². The lowest BCUT2D eigenvalue weighted by Gasteiger charge is -2.36. The van der Waals surface area contributed by atoms with E-state index in [2.05, 4.69) is 0 Å². The quantitative estimate of drug-likeness (QED) is 0.262. The van der Waals surface area contributed by atoms with E-state index in [9.17, 15) is 19.2 Å². The van der Waals surface area contributed by atoms with E-state index < -0.39 is 48.0 Å². The predicted molar refractivity (Wildman–Crippen MR) is 118 cm³/mol. The van der Waals surface area contributed by atoms with E-state index >= 15 is 0 Å². The Labute approximate surface area is 191 Å². The summed E-state index contributed by atoms with van der Waals surface area (Å²) >= 11 is 0. The van der Waals surface area contributed by atoms with Gasteiger partial charge in [0.2, 0.25) is 0 Å². The second kappa shape index (κ2) is 15.6. The van der Waals surface area contributed by atoms with Gasteiger partial charge in [-0.25, -0.2) is 0 Å². The molecule has 10 nitrogen and oxygen atoms in total. The summed E-state index contributed by atoms with van der Waals surface area (Å²) < 4.78 is 20.5. The van der Waals surface area contributed by atoms with Crippen molar-refractivity contribution in [2.75, 3.05) is 39.5 Å². The molecule has 0 aromatic carbocycles. The van der Waals surface area contributed by atoms with Crippen LogP contribution in [0.1, 0.15) is 55.4 Å². The molecule has 0 aliphatic carbocycles. The fourth-order valence-electron chi connectivity index (χ4n) is 3.27. The lowest BCUT2D eigenvalue weighted by atomic mass is 10.1. The summed E-state index contributed by atoms with van der Waals surface area (Å²) in [5, 5.41) is 0. The van der Waals surface area contributed by atoms with E-state index in [0.29, 0.717) is 0 Å². The van der Waals surface area contributed by atoms with Crippen molar-refractivity contribution in [3.63, 3.8) is 0 Å². The van der Waals surface area contributed by atoms with Gasteiger partial charge < -0.3 is 18.9 Å². The first kappa shape index (κ1) is 29.8. The zero-order chi connectivity index (χ0) is 24.8. The normalized spacial score (nSPS) is 14.9. The van der Waals surface area contributed by atoms with E-state index in [-0.39, 0.29) is 39.5 Å². The van der Waals surface area contributed by atoms with E-state index in [1.165, 1.54) is 0 Å². The van der Waals surface area contributed by atoms with Crippen LogP contribution in [0.5, 0.6) is 0 Å². The molecule has 0 spiro atoms. The van der Waals surface area contributed by atoms with Crippen LogP contribution in [0.3, 0.4) is 0 Å². The standard InChI is InChI=1S/C22H40N2O8/c1-9-29-19(25)15(5)23(16(6)20(26)30-10-2)13-14-24(17(7)21(27)31-11-3)18(8)22(28)32-12-4/h15-18H,9-14H2,1-8H3/t15-,16-,17-,18-/m0/s1. The summed E-state index contributed by atoms with van der Waals surface area (Å²) in [7, 11) is 0. The van der Waals surface area contributed by atoms with Crippen LogP contribution < -0.4 is 0 Å². The Morgan fingerprint density at radius 2 is 0.688 bits per heavy atom. The van der Waals surface area contributed by atoms with Crippen LogP contribution >= 0.6 is 0 Å². The van der Waals surface area contributed by atoms with Gasteiger partial charge in [0.05, 0.1) is 26.4 Å². The van der Waals surface area contributed by atoms with Crippen molar-refractivity contribution < 1.29 is 38.1 Å². The minimum absolute atomic E-state index is 0.188. The number of nitrogens with zero attached hydrogens (tertiary/aromatic N) is 2. The van der Waals surface area contributed by atoms with Gasteiger partial charge in [-0.2, -0.15) is 0 Å². The summed E-state index contributed by atoms with van der Waals surface area (Å²) in [6.45, 7) is 14.6. The fraction of sp³-hybridized carbons (Fsp3) is 0.818. The van der Waals surface area contributed by atoms with Gasteiger partial charge in [-0.05, 0) is 55.4 Å². The summed E-state index contributed by atoms with van der Waals surface area (Å²) in [6, 6.07) is -2.97. The molecule has 32 heavy (non-hydrogen) atoms. The minimum atomic E-state index is -0.744. The van der Waals surface area contributed by atoms with E-state index in [1.54, 1.807) is 65.2 Å². The lowest BCUT2D eigenvalue weighted by molar-refractivity contribution is -0.160. The molecular formula is C22H40N2O8. The number of rotatable bonds is 15. The summed E-state index contributed by atoms with van der Waals surface area (Å²) in [4.78, 5) is 52.8. The Balaban J connectivity index is 5.79. The third-order valence-electron chi connectivity index (χ3n) is 5.12. The largest absolute Gasteiger partial charge is 0.465 e. The van der Waals surface area contributed by atoms with E-state index in [0.717, 1.165) is 0 Å². The number of hydrogen-bond donors (Lipinski definition) is 0. The number of carbonyl (C=O) groups excluding carboxylic acids is 4. The highest BCUT2D eigenvalue weighted by atomic mass is 16.5. The van der Waals surface area contributed by atoms with Gasteiger partial charge in [0, 0.05) is 13.1 Å². The zero-order valence-electron chi connectivity index (χ0n) is 20.7. The molecule has 0 N–H and O–H groups in total. The number of hydrogen-bond acceptors (Lipinski definition) is 10. The average Bonchev–Trinajstić information content (AvgIpc) is 2.75. The van der Waals surface area contributed by atoms with Gasteiger partial charge in [0.25, 0.3) is 0 Å². The average molecular weight is 461 g/mol. The number of esters is 4. The first-order valence-corrected chi connectivity index (χ1v) is 11.2. The Kier molecular flexibility index (Phi) is 14.5. The molecular weight excluding hydrogens is 420 g/mol. The van der Waals surface area contributed by atoms with Gasteiger partial charge in [-0.1, -0.05) is 0 Å². The second-order valence-corrected chi connectivity index (χ2v) is 7.19. The van der Waals surface area contributed by atoms with Crippen molar-refractivity contribution in [2.24, 2.45) is 0 Å². The molecule has 0 aliphatic rings. The molecule has 0 aromatic rings. The van der Waals surface area contributed by atoms with Crippen molar-refractivity contribution >= 4 is 23.9 Å². The molecule has 0 saturated carbocycles. The zero-order valence-corrected chi connectivity index (χ0v) is 20.7. The van der Waals surface area contributed by atoms with Crippen molar-refractivity contribution in [1.82, 2.24) is 9.80 Å². The Hall–Kier alpha value is -2.20. The molecule has 10 heteroatoms. The highest BCUT2D eigenvalue weighted by Crippen LogP contribution is 2.14. The van der Waals surface area contributed by atoms with Crippen molar-refractivity contribution in [1.29, 1.82) is 0 Å². The number of carbonyl (C=O) groups is 4. The SMILES string of the molecule is CCOC(=O)[C@H](C)N(CCN([C@@H](C)C(=O)OCC)[C@@H](C)C(=O)OCC)[C@@H](C)C(=O)OCC. The smallest absolute Gasteiger partial charge is 0.323 e. The highest BCUT2D eigenvalue weighted by molar-refractivity contribution is 5.80. The monoisotopic (exact) mass is 460 g/mol. The van der Waals surface area contributed by atoms with Crippen LogP contribution in [0, 0.1) is 0 Å². The maximum absolute atomic E-state index is 12.4. The fourth-order valence-corrected chi connectivity index (χ4v) is 3.27. The lowest BCUT2D eigenvalue weighted by Crippen LogP contribution is -2.55. The maximum Gasteiger partial charge on any atom is 0.323 e. The highest BCUT2D eigenvalue weighted by Gasteiger charge is 2.35. The Morgan fingerprint density at radius 1 is 0.500 bits per heavy atom. The molecule has 0 unspecified atom stereocenters. The minimum Gasteiger partial charge on any atom is -0.465 e. The molecule has 186 valence electrons. The molecule has 0 amide bonds. The topological polar surface area (TPSA) is 112 Å². The molecule has 0 bridgehead atoms. The molecule has 0 aliphatic heterocycles. The van der Waals surface area contributed by atoms with Crippen molar-refractivity contribution in [2.45, 2.75) is 79.6 Å². The van der Waals surface area contributed by atoms with Crippen LogP contribution in [-0.4, -0.2) is 97.4 Å². The predicted octanol–water partition coefficient (Wildman–Crippen LogP) is 1.40. The maximum atomic E-state index is 12.4. The van der Waals surface area contributed by atoms with Gasteiger partial charge in [-0.15, -0.1) is 0 Å². The Morgan fingerprint density at radius 3 is 0.844 bits per heavy atom. The van der Waals surface area contributed by atoms with Gasteiger partial charge >= 0.3 is 23.9 Å². The van der Waals surface area contributed by atoms with Gasteiger partial charge in [-0.3, -0.25) is 29.0 Å². The molecule has 0 heterocycles. The van der Waals surface area contributed by atoms with Crippen LogP contribution in [0.15, 0.2) is 0 Å². The summed E-state index contributed by atoms with van der Waals surface area (Å²) in [6.07, 6.45) is 0. The second-order valence-electron chi connectivity index (χ2n) is 7.19. The number of ether oxygens (including phenoxy) is 4. The third kappa shape index (κ3) is 9.12. The molecule has 4 atom stereocenters. The van der Waals surface area contributed by atoms with Gasteiger partial charge in [0.1, 0.15) is 24.2 Å². The molecule has 0 aromatic heterocycles. The summed E-state index contributed by atoms with van der Waals surface area (Å²) in [5.41, 5.74) is 0. The van der Waals surface area contributed by atoms with E-state index in [1.807, 2.05) is 0 Å². The third-order valence-corrected chi connectivity index (χ3v) is 5.12. The van der Waals surface area contributed by atoms with Gasteiger partial charge in [0.15, 0.2) is 0 Å². The first-order chi connectivity index (χ1) is 15.1. The molecule has 0 saturated heterocycles. The van der Waals surface area contributed by atoms with Crippen LogP contribution in [0.2, 0.25) is 0 Å². The first-order valence-electron chi connectivity index (χ1n) is 11.2. The summed E-state index contributed by atoms with van der Waals surface area (Å²) in [5.74, 6) is -1.92.